The minimum absolute atomic E-state index is 0.174. The van der Waals surface area contributed by atoms with Crippen molar-refractivity contribution in [3.63, 3.8) is 0 Å². The fourth-order valence-electron chi connectivity index (χ4n) is 2.59. The normalized spacial score (nSPS) is 13.4. The topological polar surface area (TPSA) is 66.6 Å². The fraction of sp³-hybridized carbons (Fsp3) is 0.350. The summed E-state index contributed by atoms with van der Waals surface area (Å²) in [6.07, 6.45) is -0.722. The molecular formula is C20H26N2O2. The van der Waals surface area contributed by atoms with Gasteiger partial charge in [-0.2, -0.15) is 0 Å². The van der Waals surface area contributed by atoms with Crippen LogP contribution in [0.25, 0.3) is 0 Å². The first kappa shape index (κ1) is 18.2. The van der Waals surface area contributed by atoms with Gasteiger partial charge in [-0.05, 0) is 31.9 Å². The molecule has 0 aliphatic heterocycles. The second kappa shape index (κ2) is 8.08. The largest absolute Gasteiger partial charge is 0.387 e. The van der Waals surface area contributed by atoms with Crippen LogP contribution in [-0.2, 0) is 4.79 Å². The van der Waals surface area contributed by atoms with Gasteiger partial charge in [-0.3, -0.25) is 4.79 Å². The minimum Gasteiger partial charge on any atom is -0.387 e. The molecule has 2 rings (SSSR count). The SMILES string of the molecule is CCN(CC(O)c1ccc(C)cc1)C(=O)C(N)c1ccc(C)cc1. The van der Waals surface area contributed by atoms with E-state index in [2.05, 4.69) is 0 Å². The van der Waals surface area contributed by atoms with Crippen molar-refractivity contribution >= 4 is 5.91 Å². The molecule has 0 saturated heterocycles. The zero-order valence-corrected chi connectivity index (χ0v) is 14.6. The summed E-state index contributed by atoms with van der Waals surface area (Å²) in [5, 5.41) is 10.4. The number of likely N-dealkylation sites (N-methyl/N-ethyl adjacent to an activating group) is 1. The molecule has 3 N–H and O–H groups in total. The molecule has 0 radical (unpaired) electrons. The van der Waals surface area contributed by atoms with E-state index in [0.29, 0.717) is 6.54 Å². The number of nitrogens with zero attached hydrogens (tertiary/aromatic N) is 1. The maximum absolute atomic E-state index is 12.7. The Hall–Kier alpha value is -2.17. The molecule has 0 spiro atoms. The van der Waals surface area contributed by atoms with E-state index in [1.54, 1.807) is 4.90 Å². The van der Waals surface area contributed by atoms with E-state index in [0.717, 1.165) is 22.3 Å². The van der Waals surface area contributed by atoms with Crippen LogP contribution in [-0.4, -0.2) is 29.0 Å². The zero-order valence-electron chi connectivity index (χ0n) is 14.6. The molecule has 4 heteroatoms. The first-order chi connectivity index (χ1) is 11.4. The van der Waals surface area contributed by atoms with E-state index in [4.69, 9.17) is 5.73 Å². The van der Waals surface area contributed by atoms with Gasteiger partial charge in [0.05, 0.1) is 12.6 Å². The van der Waals surface area contributed by atoms with E-state index < -0.39 is 12.1 Å². The zero-order chi connectivity index (χ0) is 17.7. The Morgan fingerprint density at radius 1 is 1.00 bits per heavy atom. The van der Waals surface area contributed by atoms with Gasteiger partial charge in [0.1, 0.15) is 6.04 Å². The standard InChI is InChI=1S/C20H26N2O2/c1-4-22(13-18(23)16-9-5-14(2)6-10-16)20(24)19(21)17-11-7-15(3)8-12-17/h5-12,18-19,23H,4,13,21H2,1-3H3. The van der Waals surface area contributed by atoms with Crippen LogP contribution in [0.4, 0.5) is 0 Å². The lowest BCUT2D eigenvalue weighted by molar-refractivity contribution is -0.134. The minimum atomic E-state index is -0.722. The Bertz CT molecular complexity index is 665. The molecule has 128 valence electrons. The first-order valence-corrected chi connectivity index (χ1v) is 8.28. The Morgan fingerprint density at radius 3 is 1.92 bits per heavy atom. The van der Waals surface area contributed by atoms with E-state index in [1.165, 1.54) is 0 Å². The first-order valence-electron chi connectivity index (χ1n) is 8.28. The van der Waals surface area contributed by atoms with Crippen molar-refractivity contribution in [2.75, 3.05) is 13.1 Å². The number of hydrogen-bond donors (Lipinski definition) is 2. The number of aliphatic hydroxyl groups excluding tert-OH is 1. The van der Waals surface area contributed by atoms with Gasteiger partial charge < -0.3 is 15.7 Å². The summed E-state index contributed by atoms with van der Waals surface area (Å²) in [5.74, 6) is -0.174. The molecule has 0 aliphatic carbocycles. The molecule has 24 heavy (non-hydrogen) atoms. The van der Waals surface area contributed by atoms with E-state index >= 15 is 0 Å². The maximum atomic E-state index is 12.7. The summed E-state index contributed by atoms with van der Waals surface area (Å²) in [6, 6.07) is 14.6. The Morgan fingerprint density at radius 2 is 1.46 bits per heavy atom. The van der Waals surface area contributed by atoms with Crippen LogP contribution in [0, 0.1) is 13.8 Å². The van der Waals surface area contributed by atoms with Crippen LogP contribution in [0.5, 0.6) is 0 Å². The van der Waals surface area contributed by atoms with Gasteiger partial charge in [-0.15, -0.1) is 0 Å². The smallest absolute Gasteiger partial charge is 0.244 e. The number of aliphatic hydroxyl groups is 1. The lowest BCUT2D eigenvalue weighted by Gasteiger charge is -2.27. The second-order valence-electron chi connectivity index (χ2n) is 6.19. The van der Waals surface area contributed by atoms with Gasteiger partial charge in [-0.25, -0.2) is 0 Å². The second-order valence-corrected chi connectivity index (χ2v) is 6.19. The quantitative estimate of drug-likeness (QED) is 0.858. The summed E-state index contributed by atoms with van der Waals surface area (Å²) in [6.45, 7) is 6.62. The van der Waals surface area contributed by atoms with E-state index in [-0.39, 0.29) is 12.5 Å². The predicted molar refractivity (Wildman–Crippen MR) is 96.5 cm³/mol. The molecule has 0 bridgehead atoms. The Kier molecular flexibility index (Phi) is 6.12. The van der Waals surface area contributed by atoms with Crippen molar-refractivity contribution in [2.45, 2.75) is 32.9 Å². The molecule has 2 aromatic rings. The van der Waals surface area contributed by atoms with Crippen LogP contribution in [0.15, 0.2) is 48.5 Å². The summed E-state index contributed by atoms with van der Waals surface area (Å²) in [5.41, 5.74) is 9.97. The molecule has 0 aliphatic rings. The fourth-order valence-corrected chi connectivity index (χ4v) is 2.59. The average molecular weight is 326 g/mol. The van der Waals surface area contributed by atoms with Gasteiger partial charge in [-0.1, -0.05) is 59.7 Å². The highest BCUT2D eigenvalue weighted by Crippen LogP contribution is 2.19. The molecule has 2 unspecified atom stereocenters. The molecule has 1 amide bonds. The van der Waals surface area contributed by atoms with Crippen LogP contribution >= 0.6 is 0 Å². The van der Waals surface area contributed by atoms with Gasteiger partial charge in [0.2, 0.25) is 5.91 Å². The van der Waals surface area contributed by atoms with Crippen LogP contribution in [0.2, 0.25) is 0 Å². The molecule has 0 saturated carbocycles. The molecule has 2 aromatic carbocycles. The van der Waals surface area contributed by atoms with Crippen LogP contribution in [0.1, 0.15) is 41.3 Å². The molecular weight excluding hydrogens is 300 g/mol. The third-order valence-corrected chi connectivity index (χ3v) is 4.25. The van der Waals surface area contributed by atoms with Crippen molar-refractivity contribution in [1.82, 2.24) is 4.90 Å². The van der Waals surface area contributed by atoms with Gasteiger partial charge >= 0.3 is 0 Å². The lowest BCUT2D eigenvalue weighted by Crippen LogP contribution is -2.40. The number of carbonyl (C=O) groups excluding carboxylic acids is 1. The van der Waals surface area contributed by atoms with Crippen LogP contribution < -0.4 is 5.73 Å². The summed E-state index contributed by atoms with van der Waals surface area (Å²) < 4.78 is 0. The van der Waals surface area contributed by atoms with Crippen molar-refractivity contribution in [1.29, 1.82) is 0 Å². The summed E-state index contributed by atoms with van der Waals surface area (Å²) in [4.78, 5) is 14.3. The highest BCUT2D eigenvalue weighted by molar-refractivity contribution is 5.83. The number of aryl methyl sites for hydroxylation is 2. The van der Waals surface area contributed by atoms with Crippen molar-refractivity contribution < 1.29 is 9.90 Å². The monoisotopic (exact) mass is 326 g/mol. The molecule has 2 atom stereocenters. The van der Waals surface area contributed by atoms with Gasteiger partial charge in [0, 0.05) is 6.54 Å². The summed E-state index contributed by atoms with van der Waals surface area (Å²) in [7, 11) is 0. The summed E-state index contributed by atoms with van der Waals surface area (Å²) >= 11 is 0. The number of benzene rings is 2. The Labute approximate surface area is 143 Å². The van der Waals surface area contributed by atoms with Gasteiger partial charge in [0.15, 0.2) is 0 Å². The third kappa shape index (κ3) is 4.43. The predicted octanol–water partition coefficient (Wildman–Crippen LogP) is 2.89. The van der Waals surface area contributed by atoms with Crippen molar-refractivity contribution in [3.8, 4) is 0 Å². The van der Waals surface area contributed by atoms with Crippen molar-refractivity contribution in [2.24, 2.45) is 5.73 Å². The number of amides is 1. The number of carbonyl (C=O) groups is 1. The van der Waals surface area contributed by atoms with E-state index in [1.807, 2.05) is 69.3 Å². The number of hydrogen-bond acceptors (Lipinski definition) is 3. The van der Waals surface area contributed by atoms with Crippen LogP contribution in [0.3, 0.4) is 0 Å². The molecule has 0 aromatic heterocycles. The van der Waals surface area contributed by atoms with E-state index in [9.17, 15) is 9.90 Å². The average Bonchev–Trinajstić information content (AvgIpc) is 2.59. The molecule has 0 fully saturated rings. The number of rotatable bonds is 6. The van der Waals surface area contributed by atoms with Gasteiger partial charge in [0.25, 0.3) is 0 Å². The lowest BCUT2D eigenvalue weighted by atomic mass is 10.0. The van der Waals surface area contributed by atoms with Crippen molar-refractivity contribution in [3.05, 3.63) is 70.8 Å². The molecule has 4 nitrogen and oxygen atoms in total. The highest BCUT2D eigenvalue weighted by Gasteiger charge is 2.23. The molecule has 0 heterocycles. The number of nitrogens with two attached hydrogens (primary N) is 1. The maximum Gasteiger partial charge on any atom is 0.244 e. The Balaban J connectivity index is 2.07. The third-order valence-electron chi connectivity index (χ3n) is 4.25. The highest BCUT2D eigenvalue weighted by atomic mass is 16.3.